The molecule has 88 valence electrons. The second-order valence-corrected chi connectivity index (χ2v) is 4.84. The van der Waals surface area contributed by atoms with E-state index in [4.69, 9.17) is 5.73 Å². The molecule has 1 heterocycles. The molecule has 1 aliphatic heterocycles. The highest BCUT2D eigenvalue weighted by Crippen LogP contribution is 2.26. The maximum Gasteiger partial charge on any atom is 0.0601 e. The van der Waals surface area contributed by atoms with E-state index in [1.54, 1.807) is 0 Å². The Balaban J connectivity index is 2.18. The van der Waals surface area contributed by atoms with Crippen molar-refractivity contribution in [3.05, 3.63) is 23.8 Å². The van der Waals surface area contributed by atoms with Gasteiger partial charge in [0.1, 0.15) is 0 Å². The summed E-state index contributed by atoms with van der Waals surface area (Å²) in [6.07, 6.45) is 0. The Hall–Kier alpha value is -1.22. The molecule has 2 N–H and O–H groups in total. The summed E-state index contributed by atoms with van der Waals surface area (Å²) in [5.74, 6) is 0. The molecule has 0 bridgehead atoms. The van der Waals surface area contributed by atoms with Crippen LogP contribution in [0.1, 0.15) is 12.5 Å². The molecule has 0 saturated carbocycles. The zero-order chi connectivity index (χ0) is 11.7. The summed E-state index contributed by atoms with van der Waals surface area (Å²) in [5, 5.41) is 0. The van der Waals surface area contributed by atoms with Gasteiger partial charge in [-0.05, 0) is 38.6 Å². The highest BCUT2D eigenvalue weighted by atomic mass is 15.3. The van der Waals surface area contributed by atoms with Crippen LogP contribution in [0.15, 0.2) is 18.2 Å². The summed E-state index contributed by atoms with van der Waals surface area (Å²) in [6, 6.07) is 6.92. The van der Waals surface area contributed by atoms with Crippen LogP contribution >= 0.6 is 0 Å². The number of hydrogen-bond acceptors (Lipinski definition) is 3. The summed E-state index contributed by atoms with van der Waals surface area (Å²) in [7, 11) is 2.18. The van der Waals surface area contributed by atoms with Gasteiger partial charge < -0.3 is 15.5 Å². The van der Waals surface area contributed by atoms with Crippen molar-refractivity contribution in [2.24, 2.45) is 0 Å². The van der Waals surface area contributed by atoms with Gasteiger partial charge in [-0.2, -0.15) is 0 Å². The first-order chi connectivity index (χ1) is 7.58. The summed E-state index contributed by atoms with van der Waals surface area (Å²) >= 11 is 0. The number of anilines is 2. The lowest BCUT2D eigenvalue weighted by Crippen LogP contribution is -2.50. The molecule has 1 aromatic rings. The standard InChI is InChI=1S/C13H21N3/c1-10-4-5-13(12(14)8-10)16-7-6-15(3)11(2)9-16/h4-5,8,11H,6-7,9,14H2,1-3H3. The Bertz CT molecular complexity index is 375. The number of piperazine rings is 1. The van der Waals surface area contributed by atoms with E-state index >= 15 is 0 Å². The van der Waals surface area contributed by atoms with Gasteiger partial charge in [0.25, 0.3) is 0 Å². The van der Waals surface area contributed by atoms with E-state index in [2.05, 4.69) is 48.9 Å². The zero-order valence-electron chi connectivity index (χ0n) is 10.4. The molecule has 0 radical (unpaired) electrons. The monoisotopic (exact) mass is 219 g/mol. The van der Waals surface area contributed by atoms with Crippen LogP contribution in [0.5, 0.6) is 0 Å². The number of nitrogens with two attached hydrogens (primary N) is 1. The third-order valence-electron chi connectivity index (χ3n) is 3.48. The minimum Gasteiger partial charge on any atom is -0.397 e. The minimum atomic E-state index is 0.592. The highest BCUT2D eigenvalue weighted by Gasteiger charge is 2.21. The fraction of sp³-hybridized carbons (Fsp3) is 0.538. The SMILES string of the molecule is Cc1ccc(N2CCN(C)C(C)C2)c(N)c1. The molecule has 1 unspecified atom stereocenters. The van der Waals surface area contributed by atoms with Gasteiger partial charge in [-0.3, -0.25) is 0 Å². The summed E-state index contributed by atoms with van der Waals surface area (Å²) in [4.78, 5) is 4.78. The summed E-state index contributed by atoms with van der Waals surface area (Å²) in [6.45, 7) is 7.57. The summed E-state index contributed by atoms with van der Waals surface area (Å²) in [5.41, 5.74) is 9.39. The fourth-order valence-corrected chi connectivity index (χ4v) is 2.23. The highest BCUT2D eigenvalue weighted by molar-refractivity contribution is 5.68. The molecule has 1 atom stereocenters. The quantitative estimate of drug-likeness (QED) is 0.730. The van der Waals surface area contributed by atoms with Crippen molar-refractivity contribution in [1.82, 2.24) is 4.90 Å². The van der Waals surface area contributed by atoms with E-state index in [1.165, 1.54) is 11.3 Å². The lowest BCUT2D eigenvalue weighted by molar-refractivity contribution is 0.234. The van der Waals surface area contributed by atoms with Gasteiger partial charge in [0.05, 0.1) is 11.4 Å². The molecule has 2 rings (SSSR count). The van der Waals surface area contributed by atoms with E-state index in [-0.39, 0.29) is 0 Å². The molecule has 1 fully saturated rings. The van der Waals surface area contributed by atoms with Crippen LogP contribution in [0.25, 0.3) is 0 Å². The predicted molar refractivity (Wildman–Crippen MR) is 69.9 cm³/mol. The van der Waals surface area contributed by atoms with Crippen molar-refractivity contribution in [2.45, 2.75) is 19.9 Å². The van der Waals surface area contributed by atoms with E-state index < -0.39 is 0 Å². The molecule has 0 aromatic heterocycles. The maximum atomic E-state index is 6.08. The number of hydrogen-bond donors (Lipinski definition) is 1. The molecular formula is C13H21N3. The molecule has 1 aromatic carbocycles. The average molecular weight is 219 g/mol. The summed E-state index contributed by atoms with van der Waals surface area (Å²) < 4.78 is 0. The van der Waals surface area contributed by atoms with Gasteiger partial charge in [0.2, 0.25) is 0 Å². The first kappa shape index (κ1) is 11.3. The number of benzene rings is 1. The minimum absolute atomic E-state index is 0.592. The lowest BCUT2D eigenvalue weighted by atomic mass is 10.1. The normalized spacial score (nSPS) is 22.4. The molecule has 3 nitrogen and oxygen atoms in total. The number of nitrogen functional groups attached to an aromatic ring is 1. The zero-order valence-corrected chi connectivity index (χ0v) is 10.4. The molecule has 1 aliphatic rings. The number of rotatable bonds is 1. The van der Waals surface area contributed by atoms with E-state index in [1.807, 2.05) is 0 Å². The van der Waals surface area contributed by atoms with E-state index in [9.17, 15) is 0 Å². The van der Waals surface area contributed by atoms with Crippen LogP contribution < -0.4 is 10.6 Å². The molecule has 3 heteroatoms. The van der Waals surface area contributed by atoms with E-state index in [0.29, 0.717) is 6.04 Å². The van der Waals surface area contributed by atoms with Gasteiger partial charge >= 0.3 is 0 Å². The average Bonchev–Trinajstić information content (AvgIpc) is 2.22. The van der Waals surface area contributed by atoms with Crippen LogP contribution in [0.3, 0.4) is 0 Å². The van der Waals surface area contributed by atoms with Gasteiger partial charge in [0.15, 0.2) is 0 Å². The Morgan fingerprint density at radius 3 is 2.69 bits per heavy atom. The first-order valence-electron chi connectivity index (χ1n) is 5.89. The Kier molecular flexibility index (Phi) is 3.06. The van der Waals surface area contributed by atoms with Crippen molar-refractivity contribution in [2.75, 3.05) is 37.3 Å². The van der Waals surface area contributed by atoms with E-state index in [0.717, 1.165) is 25.3 Å². The lowest BCUT2D eigenvalue weighted by Gasteiger charge is -2.39. The van der Waals surface area contributed by atoms with Crippen molar-refractivity contribution < 1.29 is 0 Å². The maximum absolute atomic E-state index is 6.08. The van der Waals surface area contributed by atoms with Gasteiger partial charge in [0, 0.05) is 25.7 Å². The smallest absolute Gasteiger partial charge is 0.0601 e. The molecule has 0 amide bonds. The van der Waals surface area contributed by atoms with Crippen LogP contribution in [-0.4, -0.2) is 37.6 Å². The first-order valence-corrected chi connectivity index (χ1v) is 5.89. The van der Waals surface area contributed by atoms with Gasteiger partial charge in [-0.15, -0.1) is 0 Å². The molecular weight excluding hydrogens is 198 g/mol. The largest absolute Gasteiger partial charge is 0.397 e. The third-order valence-corrected chi connectivity index (χ3v) is 3.48. The third kappa shape index (κ3) is 2.14. The van der Waals surface area contributed by atoms with Crippen molar-refractivity contribution in [3.63, 3.8) is 0 Å². The van der Waals surface area contributed by atoms with Gasteiger partial charge in [-0.25, -0.2) is 0 Å². The topological polar surface area (TPSA) is 32.5 Å². The van der Waals surface area contributed by atoms with Crippen LogP contribution in [-0.2, 0) is 0 Å². The second-order valence-electron chi connectivity index (χ2n) is 4.84. The number of nitrogens with zero attached hydrogens (tertiary/aromatic N) is 2. The van der Waals surface area contributed by atoms with Crippen LogP contribution in [0.2, 0.25) is 0 Å². The Labute approximate surface area is 97.8 Å². The van der Waals surface area contributed by atoms with Crippen molar-refractivity contribution >= 4 is 11.4 Å². The fourth-order valence-electron chi connectivity index (χ4n) is 2.23. The number of likely N-dealkylation sites (N-methyl/N-ethyl adjacent to an activating group) is 1. The Morgan fingerprint density at radius 1 is 1.31 bits per heavy atom. The van der Waals surface area contributed by atoms with Crippen molar-refractivity contribution in [3.8, 4) is 0 Å². The number of aryl methyl sites for hydroxylation is 1. The predicted octanol–water partition coefficient (Wildman–Crippen LogP) is 1.72. The molecule has 16 heavy (non-hydrogen) atoms. The van der Waals surface area contributed by atoms with Gasteiger partial charge in [-0.1, -0.05) is 6.07 Å². The Morgan fingerprint density at radius 2 is 2.06 bits per heavy atom. The molecule has 0 spiro atoms. The van der Waals surface area contributed by atoms with Crippen LogP contribution in [0.4, 0.5) is 11.4 Å². The van der Waals surface area contributed by atoms with Crippen molar-refractivity contribution in [1.29, 1.82) is 0 Å². The molecule has 0 aliphatic carbocycles. The molecule has 1 saturated heterocycles. The van der Waals surface area contributed by atoms with Crippen LogP contribution in [0, 0.1) is 6.92 Å². The second kappa shape index (κ2) is 4.34.